The third-order valence-electron chi connectivity index (χ3n) is 2.32. The number of hydrazone groups is 1. The molecule has 0 unspecified atom stereocenters. The predicted octanol–water partition coefficient (Wildman–Crippen LogP) is 3.77. The molecule has 2 aromatic carbocycles. The average molecular weight is 300 g/mol. The second kappa shape index (κ2) is 5.99. The largest absolute Gasteiger partial charge is 0.279 e. The lowest BCUT2D eigenvalue weighted by Crippen LogP contribution is -1.92. The fourth-order valence-corrected chi connectivity index (χ4v) is 1.68. The van der Waals surface area contributed by atoms with E-state index in [0.717, 1.165) is 15.7 Å². The van der Waals surface area contributed by atoms with E-state index in [-0.39, 0.29) is 0 Å². The summed E-state index contributed by atoms with van der Waals surface area (Å²) in [4.78, 5) is 0. The van der Waals surface area contributed by atoms with Gasteiger partial charge in [0.2, 0.25) is 0 Å². The molecule has 0 heterocycles. The summed E-state index contributed by atoms with van der Waals surface area (Å²) in [5, 5.41) is 13.0. The number of halogens is 1. The van der Waals surface area contributed by atoms with Crippen molar-refractivity contribution in [2.45, 2.75) is 0 Å². The van der Waals surface area contributed by atoms with Crippen LogP contribution in [0.1, 0.15) is 11.1 Å². The summed E-state index contributed by atoms with van der Waals surface area (Å²) in [6.07, 6.45) is 1.64. The molecule has 2 aromatic rings. The van der Waals surface area contributed by atoms with Crippen LogP contribution in [0.2, 0.25) is 0 Å². The van der Waals surface area contributed by atoms with Crippen molar-refractivity contribution in [1.82, 2.24) is 0 Å². The smallest absolute Gasteiger partial charge is 0.0998 e. The minimum Gasteiger partial charge on any atom is -0.279 e. The van der Waals surface area contributed by atoms with Gasteiger partial charge in [-0.15, -0.1) is 0 Å². The first-order chi connectivity index (χ1) is 8.79. The molecule has 0 bridgehead atoms. The summed E-state index contributed by atoms with van der Waals surface area (Å²) in [7, 11) is 0. The molecule has 0 saturated carbocycles. The van der Waals surface area contributed by atoms with Gasteiger partial charge >= 0.3 is 0 Å². The minimum atomic E-state index is 0.610. The molecule has 0 fully saturated rings. The summed E-state index contributed by atoms with van der Waals surface area (Å²) >= 11 is 3.37. The summed E-state index contributed by atoms with van der Waals surface area (Å²) in [6.45, 7) is 0. The summed E-state index contributed by atoms with van der Waals surface area (Å²) in [6, 6.07) is 17.1. The van der Waals surface area contributed by atoms with Gasteiger partial charge in [0, 0.05) is 10.0 Å². The van der Waals surface area contributed by atoms with Crippen molar-refractivity contribution in [3.05, 3.63) is 64.1 Å². The van der Waals surface area contributed by atoms with Gasteiger partial charge < -0.3 is 0 Å². The number of hydrogen-bond acceptors (Lipinski definition) is 3. The highest BCUT2D eigenvalue weighted by Crippen LogP contribution is 2.14. The van der Waals surface area contributed by atoms with Crippen molar-refractivity contribution >= 4 is 27.8 Å². The average Bonchev–Trinajstić information content (AvgIpc) is 2.41. The van der Waals surface area contributed by atoms with E-state index in [1.807, 2.05) is 42.5 Å². The van der Waals surface area contributed by atoms with Gasteiger partial charge in [0.15, 0.2) is 0 Å². The topological polar surface area (TPSA) is 48.2 Å². The molecule has 18 heavy (non-hydrogen) atoms. The molecular weight excluding hydrogens is 290 g/mol. The van der Waals surface area contributed by atoms with Crippen LogP contribution in [0, 0.1) is 11.3 Å². The molecule has 3 nitrogen and oxygen atoms in total. The highest BCUT2D eigenvalue weighted by atomic mass is 79.9. The summed E-state index contributed by atoms with van der Waals surface area (Å²) in [5.41, 5.74) is 5.21. The van der Waals surface area contributed by atoms with Gasteiger partial charge in [0.1, 0.15) is 0 Å². The first kappa shape index (κ1) is 12.3. The summed E-state index contributed by atoms with van der Waals surface area (Å²) in [5.74, 6) is 0. The molecule has 0 atom stereocenters. The van der Waals surface area contributed by atoms with Crippen LogP contribution in [0.15, 0.2) is 58.1 Å². The van der Waals surface area contributed by atoms with Crippen molar-refractivity contribution in [3.8, 4) is 6.07 Å². The van der Waals surface area contributed by atoms with E-state index in [4.69, 9.17) is 5.26 Å². The lowest BCUT2D eigenvalue weighted by molar-refractivity contribution is 1.34. The maximum atomic E-state index is 8.93. The van der Waals surface area contributed by atoms with Crippen LogP contribution in [0.4, 0.5) is 5.69 Å². The molecule has 0 radical (unpaired) electrons. The minimum absolute atomic E-state index is 0.610. The third kappa shape index (κ3) is 3.19. The maximum Gasteiger partial charge on any atom is 0.0998 e. The van der Waals surface area contributed by atoms with Crippen LogP contribution in [0.5, 0.6) is 0 Å². The number of hydrogen-bond donors (Lipinski definition) is 1. The van der Waals surface area contributed by atoms with Gasteiger partial charge in [-0.05, 0) is 30.3 Å². The summed E-state index contributed by atoms with van der Waals surface area (Å²) < 4.78 is 1.02. The molecule has 0 aliphatic rings. The van der Waals surface area contributed by atoms with Crippen LogP contribution in [0.3, 0.4) is 0 Å². The first-order valence-electron chi connectivity index (χ1n) is 5.33. The molecule has 0 amide bonds. The third-order valence-corrected chi connectivity index (χ3v) is 2.85. The Labute approximate surface area is 114 Å². The van der Waals surface area contributed by atoms with E-state index in [9.17, 15) is 0 Å². The van der Waals surface area contributed by atoms with Crippen LogP contribution >= 0.6 is 15.9 Å². The Hall–Kier alpha value is -2.12. The molecule has 4 heteroatoms. The van der Waals surface area contributed by atoms with Gasteiger partial charge in [0.25, 0.3) is 0 Å². The number of nitriles is 1. The van der Waals surface area contributed by atoms with E-state index in [0.29, 0.717) is 5.56 Å². The Morgan fingerprint density at radius 3 is 2.56 bits per heavy atom. The number of nitrogens with zero attached hydrogens (tertiary/aromatic N) is 2. The molecule has 1 N–H and O–H groups in total. The molecule has 0 aliphatic carbocycles. The highest BCUT2D eigenvalue weighted by Gasteiger charge is 1.96. The van der Waals surface area contributed by atoms with Gasteiger partial charge in [-0.25, -0.2) is 0 Å². The van der Waals surface area contributed by atoms with E-state index in [1.165, 1.54) is 0 Å². The SMILES string of the molecule is N#Cc1ccccc1C=NNc1ccc(Br)cc1. The van der Waals surface area contributed by atoms with Crippen molar-refractivity contribution in [2.75, 3.05) is 5.43 Å². The zero-order chi connectivity index (χ0) is 12.8. The number of nitrogens with one attached hydrogen (secondary N) is 1. The maximum absolute atomic E-state index is 8.93. The number of anilines is 1. The Morgan fingerprint density at radius 1 is 1.11 bits per heavy atom. The Bertz CT molecular complexity index is 597. The molecule has 88 valence electrons. The predicted molar refractivity (Wildman–Crippen MR) is 76.5 cm³/mol. The van der Waals surface area contributed by atoms with Crippen molar-refractivity contribution in [2.24, 2.45) is 5.10 Å². The molecule has 0 spiro atoms. The van der Waals surface area contributed by atoms with Crippen LogP contribution in [-0.4, -0.2) is 6.21 Å². The molecule has 0 aromatic heterocycles. The molecule has 2 rings (SSSR count). The van der Waals surface area contributed by atoms with Crippen molar-refractivity contribution < 1.29 is 0 Å². The lowest BCUT2D eigenvalue weighted by atomic mass is 10.1. The number of benzene rings is 2. The Balaban J connectivity index is 2.08. The molecule has 0 aliphatic heterocycles. The molecular formula is C14H10BrN3. The van der Waals surface area contributed by atoms with Crippen molar-refractivity contribution in [3.63, 3.8) is 0 Å². The fourth-order valence-electron chi connectivity index (χ4n) is 1.41. The van der Waals surface area contributed by atoms with Gasteiger partial charge in [-0.3, -0.25) is 5.43 Å². The zero-order valence-corrected chi connectivity index (χ0v) is 11.1. The van der Waals surface area contributed by atoms with E-state index in [2.05, 4.69) is 32.5 Å². The molecule has 0 saturated heterocycles. The van der Waals surface area contributed by atoms with E-state index in [1.54, 1.807) is 12.3 Å². The Kier molecular flexibility index (Phi) is 4.11. The Morgan fingerprint density at radius 2 is 1.83 bits per heavy atom. The van der Waals surface area contributed by atoms with Crippen LogP contribution in [0.25, 0.3) is 0 Å². The second-order valence-corrected chi connectivity index (χ2v) is 4.49. The second-order valence-electron chi connectivity index (χ2n) is 3.58. The first-order valence-corrected chi connectivity index (χ1v) is 6.12. The van der Waals surface area contributed by atoms with Gasteiger partial charge in [-0.1, -0.05) is 34.1 Å². The van der Waals surface area contributed by atoms with Crippen LogP contribution < -0.4 is 5.43 Å². The van der Waals surface area contributed by atoms with E-state index < -0.39 is 0 Å². The standard InChI is InChI=1S/C14H10BrN3/c15-13-5-7-14(8-6-13)18-17-10-12-4-2-1-3-11(12)9-16/h1-8,10,18H. The highest BCUT2D eigenvalue weighted by molar-refractivity contribution is 9.10. The zero-order valence-electron chi connectivity index (χ0n) is 9.47. The van der Waals surface area contributed by atoms with Gasteiger partial charge in [-0.2, -0.15) is 10.4 Å². The van der Waals surface area contributed by atoms with Crippen LogP contribution in [-0.2, 0) is 0 Å². The lowest BCUT2D eigenvalue weighted by Gasteiger charge is -2.00. The van der Waals surface area contributed by atoms with Gasteiger partial charge in [0.05, 0.1) is 23.5 Å². The normalized spacial score (nSPS) is 10.2. The monoisotopic (exact) mass is 299 g/mol. The van der Waals surface area contributed by atoms with E-state index >= 15 is 0 Å². The number of rotatable bonds is 3. The fraction of sp³-hybridized carbons (Fsp3) is 0. The van der Waals surface area contributed by atoms with Crippen molar-refractivity contribution in [1.29, 1.82) is 5.26 Å². The quantitative estimate of drug-likeness (QED) is 0.693.